The maximum Gasteiger partial charge on any atom is 0.417 e. The second kappa shape index (κ2) is 10.4. The molecular formula is C21H22F3N2O4P. The molecule has 0 fully saturated rings. The molecule has 0 saturated carbocycles. The van der Waals surface area contributed by atoms with Gasteiger partial charge < -0.3 is 14.4 Å². The topological polar surface area (TPSA) is 69.5 Å². The number of hydrogen-bond acceptors (Lipinski definition) is 6. The molecule has 0 aliphatic rings. The van der Waals surface area contributed by atoms with E-state index in [4.69, 9.17) is 14.4 Å². The summed E-state index contributed by atoms with van der Waals surface area (Å²) in [4.78, 5) is 22.2. The average molecular weight is 454 g/mol. The van der Waals surface area contributed by atoms with E-state index in [9.17, 15) is 18.0 Å². The molecular weight excluding hydrogens is 432 g/mol. The summed E-state index contributed by atoms with van der Waals surface area (Å²) in [7, 11) is 4.74. The molecule has 0 radical (unpaired) electrons. The Hall–Kier alpha value is -2.93. The number of alkyl halides is 3. The van der Waals surface area contributed by atoms with Crippen LogP contribution in [0.25, 0.3) is 0 Å². The number of oxime groups is 2. The van der Waals surface area contributed by atoms with Crippen LogP contribution in [0.5, 0.6) is 0 Å². The van der Waals surface area contributed by atoms with Gasteiger partial charge in [-0.3, -0.25) is 0 Å². The van der Waals surface area contributed by atoms with E-state index < -0.39 is 17.7 Å². The molecule has 0 spiro atoms. The maximum absolute atomic E-state index is 13.4. The minimum absolute atomic E-state index is 0.0613. The van der Waals surface area contributed by atoms with E-state index in [1.807, 2.05) is 0 Å². The molecule has 0 amide bonds. The third kappa shape index (κ3) is 6.04. The Kier molecular flexibility index (Phi) is 8.16. The van der Waals surface area contributed by atoms with Gasteiger partial charge in [0, 0.05) is 16.7 Å². The molecule has 166 valence electrons. The molecule has 2 aromatic carbocycles. The number of rotatable bonds is 7. The van der Waals surface area contributed by atoms with Crippen molar-refractivity contribution < 1.29 is 32.4 Å². The van der Waals surface area contributed by atoms with Gasteiger partial charge in [-0.1, -0.05) is 40.6 Å². The van der Waals surface area contributed by atoms with Crippen LogP contribution in [0.4, 0.5) is 13.2 Å². The van der Waals surface area contributed by atoms with Crippen molar-refractivity contribution in [3.8, 4) is 0 Å². The highest BCUT2D eigenvalue weighted by atomic mass is 31.0. The van der Waals surface area contributed by atoms with Gasteiger partial charge in [-0.15, -0.1) is 9.24 Å². The van der Waals surface area contributed by atoms with Crippen LogP contribution in [0.2, 0.25) is 0 Å². The standard InChI is InChI=1S/C21H22F3N2O4P/c1-12-6-5-7-16(19(26-29-4)20(27)28-3)17(12)11-30-25-13(2)15-9-8-14(31)10-18(15)21(22,23)24/h5-10H,11,31H2,1-4H3/b25-13+,26-19+. The Morgan fingerprint density at radius 1 is 1.10 bits per heavy atom. The first-order valence-corrected chi connectivity index (χ1v) is 9.59. The smallest absolute Gasteiger partial charge is 0.417 e. The average Bonchev–Trinajstić information content (AvgIpc) is 2.72. The van der Waals surface area contributed by atoms with Crippen molar-refractivity contribution in [2.75, 3.05) is 14.2 Å². The van der Waals surface area contributed by atoms with Crippen molar-refractivity contribution in [2.45, 2.75) is 26.6 Å². The Balaban J connectivity index is 2.36. The molecule has 0 aromatic heterocycles. The summed E-state index contributed by atoms with van der Waals surface area (Å²) in [5.41, 5.74) is 0.846. The van der Waals surface area contributed by atoms with Crippen LogP contribution >= 0.6 is 9.24 Å². The van der Waals surface area contributed by atoms with Gasteiger partial charge in [0.2, 0.25) is 0 Å². The molecule has 2 aromatic rings. The molecule has 0 N–H and O–H groups in total. The van der Waals surface area contributed by atoms with Gasteiger partial charge in [-0.05, 0) is 30.8 Å². The van der Waals surface area contributed by atoms with Crippen LogP contribution in [0.15, 0.2) is 46.7 Å². The van der Waals surface area contributed by atoms with Gasteiger partial charge in [0.05, 0.1) is 18.4 Å². The van der Waals surface area contributed by atoms with Crippen molar-refractivity contribution in [1.82, 2.24) is 0 Å². The highest BCUT2D eigenvalue weighted by molar-refractivity contribution is 7.27. The zero-order valence-electron chi connectivity index (χ0n) is 17.4. The summed E-state index contributed by atoms with van der Waals surface area (Å²) in [6.45, 7) is 3.11. The lowest BCUT2D eigenvalue weighted by Gasteiger charge is -2.14. The number of benzene rings is 2. The summed E-state index contributed by atoms with van der Waals surface area (Å²) in [5.74, 6) is -0.708. The molecule has 2 rings (SSSR count). The normalized spacial score (nSPS) is 12.5. The number of methoxy groups -OCH3 is 1. The molecule has 1 unspecified atom stereocenters. The predicted molar refractivity (Wildman–Crippen MR) is 115 cm³/mol. The van der Waals surface area contributed by atoms with Crippen LogP contribution in [-0.4, -0.2) is 31.6 Å². The fraction of sp³-hybridized carbons (Fsp3) is 0.286. The lowest BCUT2D eigenvalue weighted by molar-refractivity contribution is -0.137. The van der Waals surface area contributed by atoms with E-state index in [1.54, 1.807) is 25.1 Å². The molecule has 0 aliphatic heterocycles. The number of nitrogens with zero attached hydrogens (tertiary/aromatic N) is 2. The molecule has 0 aliphatic carbocycles. The van der Waals surface area contributed by atoms with Gasteiger partial charge in [0.15, 0.2) is 5.71 Å². The van der Waals surface area contributed by atoms with Crippen molar-refractivity contribution in [1.29, 1.82) is 0 Å². The van der Waals surface area contributed by atoms with Crippen molar-refractivity contribution in [3.63, 3.8) is 0 Å². The molecule has 0 bridgehead atoms. The Bertz CT molecular complexity index is 1020. The van der Waals surface area contributed by atoms with Crippen molar-refractivity contribution in [2.24, 2.45) is 10.3 Å². The predicted octanol–water partition coefficient (Wildman–Crippen LogP) is 3.98. The quantitative estimate of drug-likeness (QED) is 0.275. The molecule has 10 heteroatoms. The van der Waals surface area contributed by atoms with Crippen LogP contribution in [0, 0.1) is 6.92 Å². The molecule has 31 heavy (non-hydrogen) atoms. The molecule has 0 saturated heterocycles. The van der Waals surface area contributed by atoms with Gasteiger partial charge >= 0.3 is 12.1 Å². The van der Waals surface area contributed by atoms with Crippen molar-refractivity contribution >= 4 is 31.9 Å². The number of halogens is 3. The number of ether oxygens (including phenoxy) is 1. The van der Waals surface area contributed by atoms with Crippen LogP contribution in [0.3, 0.4) is 0 Å². The fourth-order valence-electron chi connectivity index (χ4n) is 2.85. The van der Waals surface area contributed by atoms with Gasteiger partial charge in [-0.25, -0.2) is 4.79 Å². The number of esters is 1. The van der Waals surface area contributed by atoms with Gasteiger partial charge in [-0.2, -0.15) is 13.2 Å². The lowest BCUT2D eigenvalue weighted by Crippen LogP contribution is -2.20. The second-order valence-electron chi connectivity index (χ2n) is 6.47. The Morgan fingerprint density at radius 3 is 2.42 bits per heavy atom. The van der Waals surface area contributed by atoms with E-state index in [0.717, 1.165) is 11.6 Å². The number of carbonyl (C=O) groups is 1. The number of aryl methyl sites for hydroxylation is 1. The number of hydrogen-bond donors (Lipinski definition) is 0. The molecule has 1 atom stereocenters. The summed E-state index contributed by atoms with van der Waals surface area (Å²) < 4.78 is 44.9. The molecule has 6 nitrogen and oxygen atoms in total. The molecule has 0 heterocycles. The zero-order valence-corrected chi connectivity index (χ0v) is 18.6. The van der Waals surface area contributed by atoms with Gasteiger partial charge in [0.1, 0.15) is 13.7 Å². The number of carbonyl (C=O) groups excluding carboxylic acids is 1. The second-order valence-corrected chi connectivity index (χ2v) is 7.13. The fourth-order valence-corrected chi connectivity index (χ4v) is 3.12. The first-order valence-electron chi connectivity index (χ1n) is 9.02. The lowest BCUT2D eigenvalue weighted by atomic mass is 9.99. The van der Waals surface area contributed by atoms with Crippen LogP contribution in [-0.2, 0) is 32.0 Å². The zero-order chi connectivity index (χ0) is 23.2. The summed E-state index contributed by atoms with van der Waals surface area (Å²) >= 11 is 0. The monoisotopic (exact) mass is 454 g/mol. The Labute approximate surface area is 180 Å². The van der Waals surface area contributed by atoms with E-state index >= 15 is 0 Å². The first-order chi connectivity index (χ1) is 14.6. The van der Waals surface area contributed by atoms with E-state index in [2.05, 4.69) is 19.6 Å². The van der Waals surface area contributed by atoms with E-state index in [-0.39, 0.29) is 23.6 Å². The maximum atomic E-state index is 13.4. The summed E-state index contributed by atoms with van der Waals surface area (Å²) in [5, 5.41) is 8.00. The van der Waals surface area contributed by atoms with Gasteiger partial charge in [0.25, 0.3) is 0 Å². The minimum atomic E-state index is -4.53. The first kappa shape index (κ1) is 24.3. The van der Waals surface area contributed by atoms with Crippen LogP contribution in [0.1, 0.15) is 34.7 Å². The van der Waals surface area contributed by atoms with E-state index in [1.165, 1.54) is 33.3 Å². The Morgan fingerprint density at radius 2 is 1.81 bits per heavy atom. The third-order valence-electron chi connectivity index (χ3n) is 4.38. The van der Waals surface area contributed by atoms with Crippen molar-refractivity contribution in [3.05, 3.63) is 64.2 Å². The SMILES string of the molecule is CO/N=C(/C(=O)OC)c1cccc(C)c1CO/N=C(\C)c1ccc(P)cc1C(F)(F)F. The summed E-state index contributed by atoms with van der Waals surface area (Å²) in [6, 6.07) is 9.06. The third-order valence-corrected chi connectivity index (χ3v) is 4.73. The van der Waals surface area contributed by atoms with Crippen LogP contribution < -0.4 is 5.30 Å². The highest BCUT2D eigenvalue weighted by Gasteiger charge is 2.34. The van der Waals surface area contributed by atoms with E-state index in [0.29, 0.717) is 16.4 Å². The largest absolute Gasteiger partial charge is 0.464 e. The highest BCUT2D eigenvalue weighted by Crippen LogP contribution is 2.32. The summed E-state index contributed by atoms with van der Waals surface area (Å²) in [6.07, 6.45) is -4.53. The minimum Gasteiger partial charge on any atom is -0.464 e.